The Bertz CT molecular complexity index is 1600. The zero-order valence-corrected chi connectivity index (χ0v) is 23.7. The lowest BCUT2D eigenvalue weighted by Gasteiger charge is -2.08. The summed E-state index contributed by atoms with van der Waals surface area (Å²) in [6.07, 6.45) is 1.98. The monoisotopic (exact) mass is 575 g/mol. The minimum absolute atomic E-state index is 0.168. The highest BCUT2D eigenvalue weighted by Gasteiger charge is 2.14. The van der Waals surface area contributed by atoms with E-state index in [0.29, 0.717) is 52.1 Å². The SMILES string of the molecule is CCOC(=O)/C(=C/c1ccc(-c2cc(OC)ccc2OC)o1)N=[N+]=[N-].COc1ccc(OC)c(-c2ccc(C=O)o2)c1. The summed E-state index contributed by atoms with van der Waals surface area (Å²) in [6.45, 7) is 1.83. The molecule has 0 amide bonds. The number of hydrogen-bond acceptors (Lipinski definition) is 10. The summed E-state index contributed by atoms with van der Waals surface area (Å²) in [7, 11) is 6.28. The number of azide groups is 1. The van der Waals surface area contributed by atoms with Crippen molar-refractivity contribution in [3.8, 4) is 45.6 Å². The summed E-state index contributed by atoms with van der Waals surface area (Å²) in [5.74, 6) is 3.57. The van der Waals surface area contributed by atoms with Crippen molar-refractivity contribution >= 4 is 18.3 Å². The van der Waals surface area contributed by atoms with E-state index in [0.717, 1.165) is 5.56 Å². The molecular weight excluding hydrogens is 546 g/mol. The first kappa shape index (κ1) is 30.9. The molecule has 0 atom stereocenters. The van der Waals surface area contributed by atoms with Crippen LogP contribution in [0.5, 0.6) is 23.0 Å². The van der Waals surface area contributed by atoms with Gasteiger partial charge in [0, 0.05) is 4.91 Å². The Morgan fingerprint density at radius 2 is 1.33 bits per heavy atom. The predicted octanol–water partition coefficient (Wildman–Crippen LogP) is 6.95. The highest BCUT2D eigenvalue weighted by atomic mass is 16.5. The predicted molar refractivity (Wildman–Crippen MR) is 154 cm³/mol. The van der Waals surface area contributed by atoms with E-state index in [1.54, 1.807) is 96.0 Å². The van der Waals surface area contributed by atoms with E-state index in [2.05, 4.69) is 10.0 Å². The summed E-state index contributed by atoms with van der Waals surface area (Å²) >= 11 is 0. The van der Waals surface area contributed by atoms with E-state index < -0.39 is 5.97 Å². The van der Waals surface area contributed by atoms with Crippen molar-refractivity contribution in [2.45, 2.75) is 6.92 Å². The van der Waals surface area contributed by atoms with Gasteiger partial charge < -0.3 is 32.5 Å². The van der Waals surface area contributed by atoms with Crippen molar-refractivity contribution in [2.24, 2.45) is 5.11 Å². The van der Waals surface area contributed by atoms with Crippen molar-refractivity contribution in [3.63, 3.8) is 0 Å². The molecule has 2 aromatic carbocycles. The number of aldehydes is 1. The maximum atomic E-state index is 11.8. The molecule has 218 valence electrons. The van der Waals surface area contributed by atoms with Crippen LogP contribution in [0, 0.1) is 0 Å². The maximum Gasteiger partial charge on any atom is 0.340 e. The highest BCUT2D eigenvalue weighted by Crippen LogP contribution is 2.35. The third-order valence-corrected chi connectivity index (χ3v) is 5.63. The Morgan fingerprint density at radius 3 is 1.76 bits per heavy atom. The molecule has 42 heavy (non-hydrogen) atoms. The van der Waals surface area contributed by atoms with Crippen LogP contribution in [-0.2, 0) is 9.53 Å². The molecule has 0 aliphatic heterocycles. The van der Waals surface area contributed by atoms with Gasteiger partial charge in [-0.1, -0.05) is 5.11 Å². The van der Waals surface area contributed by atoms with Gasteiger partial charge in [-0.15, -0.1) is 0 Å². The largest absolute Gasteiger partial charge is 0.497 e. The number of nitrogens with zero attached hydrogens (tertiary/aromatic N) is 3. The number of carbonyl (C=O) groups excluding carboxylic acids is 2. The maximum absolute atomic E-state index is 11.8. The molecule has 0 spiro atoms. The van der Waals surface area contributed by atoms with E-state index >= 15 is 0 Å². The number of furan rings is 2. The molecule has 0 radical (unpaired) electrons. The van der Waals surface area contributed by atoms with Crippen LogP contribution < -0.4 is 18.9 Å². The first-order valence-corrected chi connectivity index (χ1v) is 12.4. The van der Waals surface area contributed by atoms with Gasteiger partial charge in [0.25, 0.3) is 0 Å². The van der Waals surface area contributed by atoms with E-state index in [1.807, 2.05) is 0 Å². The minimum Gasteiger partial charge on any atom is -0.497 e. The fourth-order valence-electron chi connectivity index (χ4n) is 3.67. The van der Waals surface area contributed by atoms with Crippen molar-refractivity contribution in [2.75, 3.05) is 35.0 Å². The molecule has 0 N–H and O–H groups in total. The molecule has 12 nitrogen and oxygen atoms in total. The van der Waals surface area contributed by atoms with Crippen LogP contribution in [0.1, 0.15) is 23.2 Å². The first-order valence-electron chi connectivity index (χ1n) is 12.4. The second-order valence-electron chi connectivity index (χ2n) is 8.09. The Balaban J connectivity index is 0.000000247. The lowest BCUT2D eigenvalue weighted by molar-refractivity contribution is -0.138. The zero-order chi connectivity index (χ0) is 30.5. The standard InChI is InChI=1S/C17H17N3O5.C13H12O4/c1-4-24-17(21)14(19-20-18)10-12-6-8-16(25-12)13-9-11(22-2)5-7-15(13)23-3;1-15-9-3-5-12(16-2)11(7-9)13-6-4-10(8-14)17-13/h5-10H,4H2,1-3H3;3-8H,1-2H3/b14-10-;. The molecule has 0 aliphatic carbocycles. The molecule has 0 aliphatic rings. The van der Waals surface area contributed by atoms with Crippen molar-refractivity contribution in [3.05, 3.63) is 88.3 Å². The number of hydrogen-bond donors (Lipinski definition) is 0. The van der Waals surface area contributed by atoms with Crippen molar-refractivity contribution in [1.82, 2.24) is 0 Å². The second kappa shape index (κ2) is 15.2. The fourth-order valence-corrected chi connectivity index (χ4v) is 3.67. The van der Waals surface area contributed by atoms with Crippen LogP contribution in [0.25, 0.3) is 39.2 Å². The molecular formula is C30H29N3O9. The lowest BCUT2D eigenvalue weighted by Crippen LogP contribution is -2.05. The van der Waals surface area contributed by atoms with Gasteiger partial charge in [0.15, 0.2) is 12.0 Å². The van der Waals surface area contributed by atoms with Gasteiger partial charge in [0.2, 0.25) is 0 Å². The Kier molecular flexibility index (Phi) is 11.2. The molecule has 0 saturated carbocycles. The van der Waals surface area contributed by atoms with Gasteiger partial charge in [0.1, 0.15) is 46.0 Å². The Morgan fingerprint density at radius 1 is 0.810 bits per heavy atom. The van der Waals surface area contributed by atoms with E-state index in [9.17, 15) is 9.59 Å². The van der Waals surface area contributed by atoms with E-state index in [4.69, 9.17) is 38.0 Å². The number of carbonyl (C=O) groups is 2. The lowest BCUT2D eigenvalue weighted by atomic mass is 10.1. The second-order valence-corrected chi connectivity index (χ2v) is 8.09. The van der Waals surface area contributed by atoms with Gasteiger partial charge in [-0.05, 0) is 79.2 Å². The molecule has 2 aromatic heterocycles. The topological polar surface area (TPSA) is 155 Å². The number of methoxy groups -OCH3 is 4. The summed E-state index contributed by atoms with van der Waals surface area (Å²) in [4.78, 5) is 25.0. The van der Waals surface area contributed by atoms with Crippen molar-refractivity contribution < 1.29 is 42.1 Å². The third-order valence-electron chi connectivity index (χ3n) is 5.63. The number of rotatable bonds is 11. The number of benzene rings is 2. The van der Waals surface area contributed by atoms with E-state index in [-0.39, 0.29) is 18.1 Å². The summed E-state index contributed by atoms with van der Waals surface area (Å²) in [5.41, 5.74) is 9.83. The highest BCUT2D eigenvalue weighted by molar-refractivity contribution is 5.93. The summed E-state index contributed by atoms with van der Waals surface area (Å²) in [6, 6.07) is 17.4. The normalized spacial score (nSPS) is 10.5. The van der Waals surface area contributed by atoms with Gasteiger partial charge in [0.05, 0.1) is 46.2 Å². The molecule has 0 bridgehead atoms. The van der Waals surface area contributed by atoms with Gasteiger partial charge >= 0.3 is 5.97 Å². The molecule has 4 aromatic rings. The number of ether oxygens (including phenoxy) is 5. The smallest absolute Gasteiger partial charge is 0.340 e. The Hall–Kier alpha value is -5.61. The fraction of sp³-hybridized carbons (Fsp3) is 0.200. The van der Waals surface area contributed by atoms with Crippen LogP contribution in [0.15, 0.2) is 80.3 Å². The molecule has 4 rings (SSSR count). The summed E-state index contributed by atoms with van der Waals surface area (Å²) in [5, 5.41) is 3.34. The third kappa shape index (κ3) is 7.74. The molecule has 0 saturated heterocycles. The van der Waals surface area contributed by atoms with Crippen molar-refractivity contribution in [1.29, 1.82) is 0 Å². The van der Waals surface area contributed by atoms with Crippen LogP contribution in [0.4, 0.5) is 0 Å². The average Bonchev–Trinajstić information content (AvgIpc) is 3.70. The van der Waals surface area contributed by atoms with E-state index in [1.165, 1.54) is 6.08 Å². The average molecular weight is 576 g/mol. The van der Waals surface area contributed by atoms with Gasteiger partial charge in [-0.25, -0.2) is 4.79 Å². The van der Waals surface area contributed by atoms with Gasteiger partial charge in [-0.2, -0.15) is 0 Å². The zero-order valence-electron chi connectivity index (χ0n) is 23.7. The van der Waals surface area contributed by atoms with Crippen LogP contribution in [0.3, 0.4) is 0 Å². The quantitative estimate of drug-likeness (QED) is 0.0461. The molecule has 12 heteroatoms. The molecule has 0 fully saturated rings. The molecule has 0 unspecified atom stereocenters. The first-order chi connectivity index (χ1) is 20.4. The molecule has 2 heterocycles. The van der Waals surface area contributed by atoms with Crippen LogP contribution in [0.2, 0.25) is 0 Å². The number of esters is 1. The van der Waals surface area contributed by atoms with Crippen LogP contribution in [-0.4, -0.2) is 47.3 Å². The van der Waals surface area contributed by atoms with Crippen LogP contribution >= 0.6 is 0 Å². The van der Waals surface area contributed by atoms with Gasteiger partial charge in [-0.3, -0.25) is 4.79 Å². The summed E-state index contributed by atoms with van der Waals surface area (Å²) < 4.78 is 36.8. The minimum atomic E-state index is -0.725. The Labute approximate surface area is 241 Å².